The third kappa shape index (κ3) is 3.91. The van der Waals surface area contributed by atoms with Crippen molar-refractivity contribution in [3.8, 4) is 0 Å². The molecule has 0 aliphatic rings. The molecule has 2 amide bonds. The molecule has 2 aromatic carbocycles. The molecule has 2 N–H and O–H groups in total. The molecule has 0 saturated carbocycles. The summed E-state index contributed by atoms with van der Waals surface area (Å²) in [6.45, 7) is 3.96. The Bertz CT molecular complexity index is 714. The van der Waals surface area contributed by atoms with Gasteiger partial charge in [-0.1, -0.05) is 30.3 Å². The van der Waals surface area contributed by atoms with E-state index >= 15 is 0 Å². The zero-order chi connectivity index (χ0) is 16.1. The molecule has 0 saturated heterocycles. The number of hydrogen-bond acceptors (Lipinski definition) is 2. The summed E-state index contributed by atoms with van der Waals surface area (Å²) in [5.74, 6) is -1.69. The second-order valence-electron chi connectivity index (χ2n) is 5.08. The number of nitrogens with one attached hydrogen (secondary N) is 2. The fraction of sp³-hybridized carbons (Fsp3) is 0.176. The van der Waals surface area contributed by atoms with Crippen molar-refractivity contribution in [2.24, 2.45) is 0 Å². The molecule has 0 aromatic heterocycles. The minimum Gasteiger partial charge on any atom is -0.273 e. The zero-order valence-electron chi connectivity index (χ0n) is 12.4. The Labute approximate surface area is 128 Å². The van der Waals surface area contributed by atoms with Crippen molar-refractivity contribution in [3.63, 3.8) is 0 Å². The second kappa shape index (κ2) is 6.85. The highest BCUT2D eigenvalue weighted by Crippen LogP contribution is 2.10. The highest BCUT2D eigenvalue weighted by Gasteiger charge is 2.11. The van der Waals surface area contributed by atoms with E-state index in [0.717, 1.165) is 16.7 Å². The Kier molecular flexibility index (Phi) is 4.88. The Hall–Kier alpha value is -2.69. The van der Waals surface area contributed by atoms with Crippen molar-refractivity contribution in [1.29, 1.82) is 0 Å². The molecule has 0 aliphatic carbocycles. The summed E-state index contributed by atoms with van der Waals surface area (Å²) in [5.41, 5.74) is 7.47. The fourth-order valence-corrected chi connectivity index (χ4v) is 1.98. The van der Waals surface area contributed by atoms with Crippen LogP contribution in [0.5, 0.6) is 0 Å². The maximum Gasteiger partial charge on any atom is 0.272 e. The fourth-order valence-electron chi connectivity index (χ4n) is 1.98. The first-order chi connectivity index (χ1) is 10.5. The van der Waals surface area contributed by atoms with Gasteiger partial charge in [-0.2, -0.15) is 0 Å². The van der Waals surface area contributed by atoms with Crippen LogP contribution in [0.4, 0.5) is 4.39 Å². The predicted octanol–water partition coefficient (Wildman–Crippen LogP) is 2.45. The van der Waals surface area contributed by atoms with Gasteiger partial charge in [0, 0.05) is 0 Å². The maximum absolute atomic E-state index is 13.4. The molecule has 114 valence electrons. The first kappa shape index (κ1) is 15.7. The lowest BCUT2D eigenvalue weighted by Gasteiger charge is -2.09. The van der Waals surface area contributed by atoms with Crippen LogP contribution in [0, 0.1) is 19.7 Å². The van der Waals surface area contributed by atoms with Gasteiger partial charge >= 0.3 is 0 Å². The summed E-state index contributed by atoms with van der Waals surface area (Å²) < 4.78 is 13.4. The molecule has 4 nitrogen and oxygen atoms in total. The lowest BCUT2D eigenvalue weighted by Crippen LogP contribution is -2.42. The molecule has 0 fully saturated rings. The first-order valence-corrected chi connectivity index (χ1v) is 6.87. The van der Waals surface area contributed by atoms with E-state index in [1.807, 2.05) is 32.0 Å². The molecule has 5 heteroatoms. The van der Waals surface area contributed by atoms with Crippen LogP contribution >= 0.6 is 0 Å². The quantitative estimate of drug-likeness (QED) is 0.855. The van der Waals surface area contributed by atoms with Crippen molar-refractivity contribution < 1.29 is 14.0 Å². The maximum atomic E-state index is 13.4. The van der Waals surface area contributed by atoms with Crippen LogP contribution < -0.4 is 10.9 Å². The third-order valence-corrected chi connectivity index (χ3v) is 3.37. The van der Waals surface area contributed by atoms with Crippen LogP contribution in [0.1, 0.15) is 27.0 Å². The number of halogens is 1. The average molecular weight is 300 g/mol. The summed E-state index contributed by atoms with van der Waals surface area (Å²) >= 11 is 0. The Balaban J connectivity index is 1.91. The molecule has 0 heterocycles. The number of rotatable bonds is 3. The van der Waals surface area contributed by atoms with Gasteiger partial charge in [0.05, 0.1) is 12.0 Å². The van der Waals surface area contributed by atoms with Crippen molar-refractivity contribution in [2.75, 3.05) is 0 Å². The Morgan fingerprint density at radius 3 is 2.41 bits per heavy atom. The number of hydrazine groups is 1. The lowest BCUT2D eigenvalue weighted by molar-refractivity contribution is -0.121. The number of amides is 2. The zero-order valence-corrected chi connectivity index (χ0v) is 12.4. The van der Waals surface area contributed by atoms with Crippen LogP contribution in [0.2, 0.25) is 0 Å². The van der Waals surface area contributed by atoms with Crippen molar-refractivity contribution in [2.45, 2.75) is 20.3 Å². The van der Waals surface area contributed by atoms with E-state index in [0.29, 0.717) is 0 Å². The highest BCUT2D eigenvalue weighted by atomic mass is 19.1. The van der Waals surface area contributed by atoms with Gasteiger partial charge in [0.15, 0.2) is 0 Å². The van der Waals surface area contributed by atoms with E-state index in [1.54, 1.807) is 6.07 Å². The highest BCUT2D eigenvalue weighted by molar-refractivity contribution is 5.95. The second-order valence-corrected chi connectivity index (χ2v) is 5.08. The molecular formula is C17H17FN2O2. The SMILES string of the molecule is Cc1ccc(CC(=O)NNC(=O)c2ccccc2F)cc1C. The van der Waals surface area contributed by atoms with Gasteiger partial charge in [0.25, 0.3) is 5.91 Å². The van der Waals surface area contributed by atoms with E-state index in [4.69, 9.17) is 0 Å². The summed E-state index contributed by atoms with van der Waals surface area (Å²) in [7, 11) is 0. The summed E-state index contributed by atoms with van der Waals surface area (Å²) in [6.07, 6.45) is 0.138. The van der Waals surface area contributed by atoms with Crippen LogP contribution in [-0.2, 0) is 11.2 Å². The minimum atomic E-state index is -0.688. The monoisotopic (exact) mass is 300 g/mol. The third-order valence-electron chi connectivity index (χ3n) is 3.37. The summed E-state index contributed by atoms with van der Waals surface area (Å²) in [5, 5.41) is 0. The van der Waals surface area contributed by atoms with E-state index in [2.05, 4.69) is 10.9 Å². The number of hydrogen-bond donors (Lipinski definition) is 2. The Morgan fingerprint density at radius 1 is 1.00 bits per heavy atom. The molecule has 0 aliphatic heterocycles. The van der Waals surface area contributed by atoms with E-state index in [1.165, 1.54) is 18.2 Å². The number of carbonyl (C=O) groups is 2. The summed E-state index contributed by atoms with van der Waals surface area (Å²) in [6, 6.07) is 11.3. The van der Waals surface area contributed by atoms with E-state index in [-0.39, 0.29) is 17.9 Å². The van der Waals surface area contributed by atoms with Gasteiger partial charge in [-0.15, -0.1) is 0 Å². The van der Waals surface area contributed by atoms with E-state index < -0.39 is 11.7 Å². The molecule has 0 spiro atoms. The number of aryl methyl sites for hydroxylation is 2. The molecule has 22 heavy (non-hydrogen) atoms. The van der Waals surface area contributed by atoms with Crippen LogP contribution in [0.15, 0.2) is 42.5 Å². The topological polar surface area (TPSA) is 58.2 Å². The Morgan fingerprint density at radius 2 is 1.73 bits per heavy atom. The smallest absolute Gasteiger partial charge is 0.272 e. The van der Waals surface area contributed by atoms with Gasteiger partial charge in [0.2, 0.25) is 5.91 Å². The van der Waals surface area contributed by atoms with E-state index in [9.17, 15) is 14.0 Å². The minimum absolute atomic E-state index is 0.117. The van der Waals surface area contributed by atoms with Crippen LogP contribution in [-0.4, -0.2) is 11.8 Å². The molecular weight excluding hydrogens is 283 g/mol. The van der Waals surface area contributed by atoms with Crippen molar-refractivity contribution in [1.82, 2.24) is 10.9 Å². The molecule has 0 bridgehead atoms. The lowest BCUT2D eigenvalue weighted by atomic mass is 10.0. The average Bonchev–Trinajstić information content (AvgIpc) is 2.49. The molecule has 0 atom stereocenters. The van der Waals surface area contributed by atoms with Crippen LogP contribution in [0.25, 0.3) is 0 Å². The van der Waals surface area contributed by atoms with Gasteiger partial charge in [-0.25, -0.2) is 4.39 Å². The molecule has 0 unspecified atom stereocenters. The number of benzene rings is 2. The van der Waals surface area contributed by atoms with Crippen molar-refractivity contribution in [3.05, 3.63) is 70.5 Å². The van der Waals surface area contributed by atoms with Crippen molar-refractivity contribution >= 4 is 11.8 Å². The predicted molar refractivity (Wildman–Crippen MR) is 81.6 cm³/mol. The first-order valence-electron chi connectivity index (χ1n) is 6.87. The van der Waals surface area contributed by atoms with Gasteiger partial charge in [-0.05, 0) is 42.7 Å². The largest absolute Gasteiger partial charge is 0.273 e. The number of carbonyl (C=O) groups excluding carboxylic acids is 2. The molecule has 2 aromatic rings. The normalized spacial score (nSPS) is 10.1. The van der Waals surface area contributed by atoms with Gasteiger partial charge in [-0.3, -0.25) is 20.4 Å². The summed E-state index contributed by atoms with van der Waals surface area (Å²) in [4.78, 5) is 23.6. The van der Waals surface area contributed by atoms with Gasteiger partial charge < -0.3 is 0 Å². The van der Waals surface area contributed by atoms with Gasteiger partial charge in [0.1, 0.15) is 5.82 Å². The van der Waals surface area contributed by atoms with Crippen LogP contribution in [0.3, 0.4) is 0 Å². The molecule has 2 rings (SSSR count). The standard InChI is InChI=1S/C17H17FN2O2/c1-11-7-8-13(9-12(11)2)10-16(21)19-20-17(22)14-5-3-4-6-15(14)18/h3-9H,10H2,1-2H3,(H,19,21)(H,20,22). The molecule has 0 radical (unpaired) electrons.